The molecule has 2 heterocycles. The molecule has 0 saturated carbocycles. The van der Waals surface area contributed by atoms with Crippen LogP contribution in [0.4, 0.5) is 0 Å². The first-order valence-corrected chi connectivity index (χ1v) is 11.3. The average molecular weight is 435 g/mol. The third-order valence-electron chi connectivity index (χ3n) is 6.02. The maximum atomic E-state index is 12.9. The fourth-order valence-corrected chi connectivity index (χ4v) is 4.23. The second-order valence-electron chi connectivity index (χ2n) is 8.30. The van der Waals surface area contributed by atoms with E-state index < -0.39 is 0 Å². The molecule has 0 bridgehead atoms. The first kappa shape index (κ1) is 20.9. The first-order valence-electron chi connectivity index (χ1n) is 11.3. The number of hydrogen-bond acceptors (Lipinski definition) is 3. The number of carbonyl (C=O) groups excluding carboxylic acids is 1. The highest BCUT2D eigenvalue weighted by molar-refractivity contribution is 6.03. The van der Waals surface area contributed by atoms with Gasteiger partial charge in [0.2, 0.25) is 5.91 Å². The molecule has 164 valence electrons. The Balaban J connectivity index is 1.62. The monoisotopic (exact) mass is 434 g/mol. The van der Waals surface area contributed by atoms with Gasteiger partial charge in [-0.3, -0.25) is 4.79 Å². The van der Waals surface area contributed by atoms with Crippen molar-refractivity contribution in [1.82, 2.24) is 14.8 Å². The summed E-state index contributed by atoms with van der Waals surface area (Å²) in [6, 6.07) is 28.3. The average Bonchev–Trinajstić information content (AvgIpc) is 3.50. The molecule has 1 unspecified atom stereocenters. The van der Waals surface area contributed by atoms with Crippen LogP contribution in [0.25, 0.3) is 16.9 Å². The third kappa shape index (κ3) is 4.10. The van der Waals surface area contributed by atoms with E-state index in [9.17, 15) is 4.79 Å². The summed E-state index contributed by atoms with van der Waals surface area (Å²) in [5.74, 6) is 0.00764. The summed E-state index contributed by atoms with van der Waals surface area (Å²) in [6.45, 7) is 3.95. The predicted molar refractivity (Wildman–Crippen MR) is 131 cm³/mol. The molecule has 33 heavy (non-hydrogen) atoms. The van der Waals surface area contributed by atoms with Crippen LogP contribution in [0.5, 0.6) is 0 Å². The molecule has 1 amide bonds. The Kier molecular flexibility index (Phi) is 5.61. The molecule has 5 nitrogen and oxygen atoms in total. The maximum Gasteiger partial charge on any atom is 0.242 e. The van der Waals surface area contributed by atoms with Gasteiger partial charge < -0.3 is 0 Å². The summed E-state index contributed by atoms with van der Waals surface area (Å²) in [6.07, 6.45) is 3.10. The smallest absolute Gasteiger partial charge is 0.242 e. The van der Waals surface area contributed by atoms with Crippen LogP contribution < -0.4 is 0 Å². The predicted octanol–water partition coefficient (Wildman–Crippen LogP) is 5.94. The quantitative estimate of drug-likeness (QED) is 0.391. The summed E-state index contributed by atoms with van der Waals surface area (Å²) in [5, 5.41) is 11.4. The summed E-state index contributed by atoms with van der Waals surface area (Å²) in [4.78, 5) is 12.9. The number of amides is 1. The lowest BCUT2D eigenvalue weighted by Crippen LogP contribution is -2.26. The molecule has 5 rings (SSSR count). The summed E-state index contributed by atoms with van der Waals surface area (Å²) >= 11 is 0. The van der Waals surface area contributed by atoms with Crippen molar-refractivity contribution in [3.63, 3.8) is 0 Å². The Bertz CT molecular complexity index is 1290. The Morgan fingerprint density at radius 2 is 1.58 bits per heavy atom. The molecule has 3 aromatic carbocycles. The highest BCUT2D eigenvalue weighted by Gasteiger charge is 2.35. The maximum absolute atomic E-state index is 12.9. The Morgan fingerprint density at radius 3 is 2.24 bits per heavy atom. The number of para-hydroxylation sites is 1. The topological polar surface area (TPSA) is 50.5 Å². The Labute approximate surface area is 194 Å². The van der Waals surface area contributed by atoms with Crippen LogP contribution in [0.3, 0.4) is 0 Å². The number of aromatic nitrogens is 2. The van der Waals surface area contributed by atoms with Gasteiger partial charge in [-0.05, 0) is 24.6 Å². The van der Waals surface area contributed by atoms with Gasteiger partial charge in [0.25, 0.3) is 0 Å². The van der Waals surface area contributed by atoms with E-state index in [1.165, 1.54) is 5.56 Å². The molecule has 0 saturated heterocycles. The SMILES string of the molecule is CCC(=O)N1N=C(c2ccccc2)CC1c1cn(-c2ccccc2)nc1-c1ccc(C)cc1. The molecule has 0 fully saturated rings. The Hall–Kier alpha value is -3.99. The normalized spacial score (nSPS) is 15.5. The van der Waals surface area contributed by atoms with E-state index in [0.717, 1.165) is 33.8 Å². The minimum Gasteiger partial charge on any atom is -0.273 e. The van der Waals surface area contributed by atoms with Crippen LogP contribution in [0.15, 0.2) is 96.2 Å². The summed E-state index contributed by atoms with van der Waals surface area (Å²) in [5.41, 5.74) is 7.04. The number of rotatable bonds is 5. The zero-order valence-corrected chi connectivity index (χ0v) is 18.8. The number of benzene rings is 3. The molecule has 4 aromatic rings. The minimum atomic E-state index is -0.207. The van der Waals surface area contributed by atoms with Crippen LogP contribution in [0.2, 0.25) is 0 Å². The van der Waals surface area contributed by atoms with Crippen LogP contribution >= 0.6 is 0 Å². The van der Waals surface area contributed by atoms with Gasteiger partial charge in [-0.15, -0.1) is 0 Å². The van der Waals surface area contributed by atoms with Crippen molar-refractivity contribution in [2.45, 2.75) is 32.7 Å². The highest BCUT2D eigenvalue weighted by Crippen LogP contribution is 2.38. The lowest BCUT2D eigenvalue weighted by molar-refractivity contribution is -0.132. The van der Waals surface area contributed by atoms with Gasteiger partial charge in [-0.25, -0.2) is 9.69 Å². The number of hydrogen-bond donors (Lipinski definition) is 0. The van der Waals surface area contributed by atoms with Crippen LogP contribution in [0, 0.1) is 6.92 Å². The number of hydrazone groups is 1. The molecule has 1 aliphatic rings. The van der Waals surface area contributed by atoms with Gasteiger partial charge in [0.05, 0.1) is 23.1 Å². The Morgan fingerprint density at radius 1 is 0.909 bits per heavy atom. The standard InChI is InChI=1S/C28H26N4O/c1-3-27(33)32-26(18-25(29-32)21-10-6-4-7-11-21)24-19-31(23-12-8-5-9-13-23)30-28(24)22-16-14-20(2)15-17-22/h4-17,19,26H,3,18H2,1-2H3. The molecule has 0 aliphatic carbocycles. The zero-order chi connectivity index (χ0) is 22.8. The largest absolute Gasteiger partial charge is 0.273 e. The van der Waals surface area contributed by atoms with E-state index in [0.29, 0.717) is 12.8 Å². The van der Waals surface area contributed by atoms with Crippen molar-refractivity contribution in [1.29, 1.82) is 0 Å². The number of nitrogens with zero attached hydrogens (tertiary/aromatic N) is 4. The van der Waals surface area contributed by atoms with Crippen molar-refractivity contribution in [2.24, 2.45) is 5.10 Å². The van der Waals surface area contributed by atoms with Crippen molar-refractivity contribution in [2.75, 3.05) is 0 Å². The molecule has 0 N–H and O–H groups in total. The summed E-state index contributed by atoms with van der Waals surface area (Å²) < 4.78 is 1.90. The number of carbonyl (C=O) groups is 1. The van der Waals surface area contributed by atoms with Crippen molar-refractivity contribution >= 4 is 11.6 Å². The molecule has 1 aromatic heterocycles. The third-order valence-corrected chi connectivity index (χ3v) is 6.02. The fourth-order valence-electron chi connectivity index (χ4n) is 4.23. The second kappa shape index (κ2) is 8.87. The van der Waals surface area contributed by atoms with E-state index in [2.05, 4.69) is 37.4 Å². The zero-order valence-electron chi connectivity index (χ0n) is 18.8. The molecular formula is C28H26N4O. The lowest BCUT2D eigenvalue weighted by atomic mass is 9.96. The molecule has 1 atom stereocenters. The van der Waals surface area contributed by atoms with Crippen LogP contribution in [0.1, 0.15) is 42.5 Å². The van der Waals surface area contributed by atoms with Gasteiger partial charge in [0.15, 0.2) is 0 Å². The molecule has 0 radical (unpaired) electrons. The van der Waals surface area contributed by atoms with Crippen molar-refractivity contribution < 1.29 is 4.79 Å². The van der Waals surface area contributed by atoms with E-state index >= 15 is 0 Å². The minimum absolute atomic E-state index is 0.00764. The van der Waals surface area contributed by atoms with Crippen LogP contribution in [-0.4, -0.2) is 26.4 Å². The fraction of sp³-hybridized carbons (Fsp3) is 0.179. The summed E-state index contributed by atoms with van der Waals surface area (Å²) in [7, 11) is 0. The molecule has 0 spiro atoms. The number of aryl methyl sites for hydroxylation is 1. The van der Waals surface area contributed by atoms with Gasteiger partial charge in [-0.2, -0.15) is 10.2 Å². The van der Waals surface area contributed by atoms with E-state index in [1.54, 1.807) is 5.01 Å². The van der Waals surface area contributed by atoms with E-state index in [4.69, 9.17) is 10.2 Å². The first-order chi connectivity index (χ1) is 16.1. The van der Waals surface area contributed by atoms with Gasteiger partial charge in [0, 0.05) is 30.2 Å². The molecule has 5 heteroatoms. The van der Waals surface area contributed by atoms with Gasteiger partial charge >= 0.3 is 0 Å². The highest BCUT2D eigenvalue weighted by atomic mass is 16.2. The van der Waals surface area contributed by atoms with Crippen molar-refractivity contribution in [3.05, 3.63) is 108 Å². The van der Waals surface area contributed by atoms with Gasteiger partial charge in [-0.1, -0.05) is 85.3 Å². The lowest BCUT2D eigenvalue weighted by Gasteiger charge is -2.21. The molecular weight excluding hydrogens is 408 g/mol. The second-order valence-corrected chi connectivity index (χ2v) is 8.30. The van der Waals surface area contributed by atoms with Crippen LogP contribution in [-0.2, 0) is 4.79 Å². The van der Waals surface area contributed by atoms with Gasteiger partial charge in [0.1, 0.15) is 0 Å². The molecule has 1 aliphatic heterocycles. The van der Waals surface area contributed by atoms with Crippen molar-refractivity contribution in [3.8, 4) is 16.9 Å². The van der Waals surface area contributed by atoms with E-state index in [-0.39, 0.29) is 11.9 Å². The van der Waals surface area contributed by atoms with E-state index in [1.807, 2.05) is 72.3 Å².